The summed E-state index contributed by atoms with van der Waals surface area (Å²) in [5.74, 6) is 0.726. The van der Waals surface area contributed by atoms with Gasteiger partial charge in [-0.05, 0) is 19.1 Å². The summed E-state index contributed by atoms with van der Waals surface area (Å²) < 4.78 is 5.26. The highest BCUT2D eigenvalue weighted by molar-refractivity contribution is 5.62. The number of piperazine rings is 1. The molecule has 0 aliphatic carbocycles. The Balaban J connectivity index is 1.97. The molecule has 3 N–H and O–H groups in total. The number of ether oxygens (including phenoxy) is 1. The van der Waals surface area contributed by atoms with Gasteiger partial charge in [-0.25, -0.2) is 0 Å². The van der Waals surface area contributed by atoms with Crippen molar-refractivity contribution in [3.05, 3.63) is 18.2 Å². The van der Waals surface area contributed by atoms with Crippen LogP contribution in [0.15, 0.2) is 18.2 Å². The zero-order chi connectivity index (χ0) is 13.8. The minimum absolute atomic E-state index is 0.261. The van der Waals surface area contributed by atoms with Crippen molar-refractivity contribution in [1.82, 2.24) is 4.90 Å². The number of nitrogens with zero attached hydrogens (tertiary/aromatic N) is 2. The second kappa shape index (κ2) is 6.12. The lowest BCUT2D eigenvalue weighted by Crippen LogP contribution is -2.48. The van der Waals surface area contributed by atoms with Crippen molar-refractivity contribution in [2.24, 2.45) is 0 Å². The number of nitrogens with two attached hydrogens (primary N) is 1. The van der Waals surface area contributed by atoms with E-state index in [1.165, 1.54) is 0 Å². The van der Waals surface area contributed by atoms with E-state index in [9.17, 15) is 5.11 Å². The van der Waals surface area contributed by atoms with Gasteiger partial charge in [0.25, 0.3) is 0 Å². The lowest BCUT2D eigenvalue weighted by atomic mass is 10.2. The predicted octanol–water partition coefficient (Wildman–Crippen LogP) is 0.780. The number of anilines is 2. The van der Waals surface area contributed by atoms with E-state index in [0.29, 0.717) is 5.69 Å². The molecule has 0 radical (unpaired) electrons. The molecule has 1 saturated heterocycles. The average molecular weight is 265 g/mol. The summed E-state index contributed by atoms with van der Waals surface area (Å²) in [5.41, 5.74) is 7.63. The predicted molar refractivity (Wildman–Crippen MR) is 77.7 cm³/mol. The van der Waals surface area contributed by atoms with E-state index in [0.717, 1.165) is 44.2 Å². The van der Waals surface area contributed by atoms with Crippen LogP contribution in [0.4, 0.5) is 11.4 Å². The zero-order valence-corrected chi connectivity index (χ0v) is 11.7. The highest BCUT2D eigenvalue weighted by atomic mass is 16.5. The molecule has 106 valence electrons. The van der Waals surface area contributed by atoms with Gasteiger partial charge in [-0.1, -0.05) is 0 Å². The van der Waals surface area contributed by atoms with Gasteiger partial charge in [-0.3, -0.25) is 4.90 Å². The van der Waals surface area contributed by atoms with Crippen molar-refractivity contribution in [1.29, 1.82) is 0 Å². The molecular weight excluding hydrogens is 242 g/mol. The number of aliphatic hydroxyl groups excluding tert-OH is 1. The summed E-state index contributed by atoms with van der Waals surface area (Å²) in [6, 6.07) is 5.90. The number of aliphatic hydroxyl groups is 1. The Kier molecular flexibility index (Phi) is 4.50. The number of hydrogen-bond donors (Lipinski definition) is 2. The Hall–Kier alpha value is -1.46. The lowest BCUT2D eigenvalue weighted by molar-refractivity contribution is 0.122. The minimum atomic E-state index is -0.261. The fourth-order valence-electron chi connectivity index (χ4n) is 2.46. The highest BCUT2D eigenvalue weighted by Gasteiger charge is 2.18. The molecule has 0 aromatic heterocycles. The first-order chi connectivity index (χ1) is 9.10. The van der Waals surface area contributed by atoms with Gasteiger partial charge in [-0.15, -0.1) is 0 Å². The molecule has 5 nitrogen and oxygen atoms in total. The van der Waals surface area contributed by atoms with Crippen molar-refractivity contribution in [3.63, 3.8) is 0 Å². The van der Waals surface area contributed by atoms with E-state index in [2.05, 4.69) is 9.80 Å². The smallest absolute Gasteiger partial charge is 0.143 e. The third-order valence-corrected chi connectivity index (χ3v) is 3.48. The normalized spacial score (nSPS) is 18.4. The topological polar surface area (TPSA) is 62.0 Å². The molecule has 0 spiro atoms. The van der Waals surface area contributed by atoms with Crippen LogP contribution in [-0.4, -0.2) is 55.9 Å². The molecule has 0 amide bonds. The first-order valence-electron chi connectivity index (χ1n) is 6.69. The molecule has 1 fully saturated rings. The van der Waals surface area contributed by atoms with Crippen molar-refractivity contribution < 1.29 is 9.84 Å². The Labute approximate surface area is 114 Å². The molecule has 1 aromatic carbocycles. The Morgan fingerprint density at radius 3 is 2.58 bits per heavy atom. The third-order valence-electron chi connectivity index (χ3n) is 3.48. The molecule has 2 rings (SSSR count). The van der Waals surface area contributed by atoms with Crippen LogP contribution in [0.5, 0.6) is 5.75 Å². The number of hydrogen-bond acceptors (Lipinski definition) is 5. The van der Waals surface area contributed by atoms with Crippen LogP contribution >= 0.6 is 0 Å². The van der Waals surface area contributed by atoms with Gasteiger partial charge in [0.05, 0.1) is 18.9 Å². The summed E-state index contributed by atoms with van der Waals surface area (Å²) in [6.45, 7) is 6.44. The van der Waals surface area contributed by atoms with Crippen LogP contribution in [0.3, 0.4) is 0 Å². The van der Waals surface area contributed by atoms with Crippen molar-refractivity contribution in [2.75, 3.05) is 50.5 Å². The molecular formula is C14H23N3O2. The fraction of sp³-hybridized carbons (Fsp3) is 0.571. The molecule has 1 heterocycles. The Morgan fingerprint density at radius 1 is 1.32 bits per heavy atom. The van der Waals surface area contributed by atoms with E-state index < -0.39 is 0 Å². The quantitative estimate of drug-likeness (QED) is 0.788. The van der Waals surface area contributed by atoms with E-state index in [-0.39, 0.29) is 6.10 Å². The Bertz CT molecular complexity index is 415. The number of β-amino-alcohol motifs (C(OH)–C–C–N with tert-alkyl or cyclic N) is 1. The molecule has 5 heteroatoms. The molecule has 0 saturated carbocycles. The van der Waals surface area contributed by atoms with Gasteiger partial charge in [0.2, 0.25) is 0 Å². The molecule has 19 heavy (non-hydrogen) atoms. The van der Waals surface area contributed by atoms with Crippen LogP contribution in [-0.2, 0) is 0 Å². The molecule has 0 bridgehead atoms. The molecule has 1 unspecified atom stereocenters. The number of nitrogen functional groups attached to an aromatic ring is 1. The largest absolute Gasteiger partial charge is 0.495 e. The van der Waals surface area contributed by atoms with Crippen LogP contribution in [0.1, 0.15) is 6.92 Å². The van der Waals surface area contributed by atoms with E-state index in [1.807, 2.05) is 25.1 Å². The van der Waals surface area contributed by atoms with Gasteiger partial charge in [0.15, 0.2) is 0 Å². The molecule has 1 aromatic rings. The number of methoxy groups -OCH3 is 1. The monoisotopic (exact) mass is 265 g/mol. The maximum absolute atomic E-state index is 9.40. The number of benzene rings is 1. The second-order valence-corrected chi connectivity index (χ2v) is 5.06. The summed E-state index contributed by atoms with van der Waals surface area (Å²) >= 11 is 0. The summed E-state index contributed by atoms with van der Waals surface area (Å²) in [4.78, 5) is 4.61. The lowest BCUT2D eigenvalue weighted by Gasteiger charge is -2.36. The first kappa shape index (κ1) is 14.0. The Morgan fingerprint density at radius 2 is 2.00 bits per heavy atom. The van der Waals surface area contributed by atoms with E-state index in [1.54, 1.807) is 7.11 Å². The van der Waals surface area contributed by atoms with Gasteiger partial charge in [0, 0.05) is 44.5 Å². The molecule has 1 aliphatic rings. The average Bonchev–Trinajstić information content (AvgIpc) is 2.40. The van der Waals surface area contributed by atoms with Gasteiger partial charge < -0.3 is 20.5 Å². The summed E-state index contributed by atoms with van der Waals surface area (Å²) in [5, 5.41) is 9.40. The van der Waals surface area contributed by atoms with E-state index in [4.69, 9.17) is 10.5 Å². The van der Waals surface area contributed by atoms with Gasteiger partial charge in [0.1, 0.15) is 5.75 Å². The SMILES string of the molecule is COc1cc(N2CCN(CC(C)O)CC2)ccc1N. The van der Waals surface area contributed by atoms with Gasteiger partial charge in [-0.2, -0.15) is 0 Å². The summed E-state index contributed by atoms with van der Waals surface area (Å²) in [7, 11) is 1.63. The fourth-order valence-corrected chi connectivity index (χ4v) is 2.46. The zero-order valence-electron chi connectivity index (χ0n) is 11.7. The van der Waals surface area contributed by atoms with E-state index >= 15 is 0 Å². The van der Waals surface area contributed by atoms with Crippen molar-refractivity contribution >= 4 is 11.4 Å². The highest BCUT2D eigenvalue weighted by Crippen LogP contribution is 2.27. The third kappa shape index (κ3) is 3.52. The van der Waals surface area contributed by atoms with Gasteiger partial charge >= 0.3 is 0 Å². The first-order valence-corrected chi connectivity index (χ1v) is 6.69. The minimum Gasteiger partial charge on any atom is -0.495 e. The maximum atomic E-state index is 9.40. The van der Waals surface area contributed by atoms with Crippen LogP contribution in [0.25, 0.3) is 0 Å². The second-order valence-electron chi connectivity index (χ2n) is 5.06. The van der Waals surface area contributed by atoms with Crippen molar-refractivity contribution in [3.8, 4) is 5.75 Å². The van der Waals surface area contributed by atoms with Crippen LogP contribution in [0.2, 0.25) is 0 Å². The van der Waals surface area contributed by atoms with Crippen LogP contribution in [0, 0.1) is 0 Å². The van der Waals surface area contributed by atoms with Crippen molar-refractivity contribution in [2.45, 2.75) is 13.0 Å². The molecule has 1 atom stereocenters. The maximum Gasteiger partial charge on any atom is 0.143 e. The molecule has 1 aliphatic heterocycles. The standard InChI is InChI=1S/C14H23N3O2/c1-11(18)10-16-5-7-17(8-6-16)12-3-4-13(15)14(9-12)19-2/h3-4,9,11,18H,5-8,10,15H2,1-2H3. The summed E-state index contributed by atoms with van der Waals surface area (Å²) in [6.07, 6.45) is -0.261. The van der Waals surface area contributed by atoms with Crippen LogP contribution < -0.4 is 15.4 Å². The number of rotatable bonds is 4.